The van der Waals surface area contributed by atoms with Gasteiger partial charge in [-0.05, 0) is 53.1 Å². The molecule has 0 saturated carbocycles. The van der Waals surface area contributed by atoms with Gasteiger partial charge in [0.25, 0.3) is 0 Å². The highest BCUT2D eigenvalue weighted by molar-refractivity contribution is 5.87. The smallest absolute Gasteiger partial charge is 0.115 e. The Morgan fingerprint density at radius 2 is 1.52 bits per heavy atom. The number of phenolic OH excluding ortho intramolecular Hbond substituents is 2. The molecule has 4 aromatic rings. The molecular weight excluding hydrogens is 338 g/mol. The van der Waals surface area contributed by atoms with E-state index in [1.807, 2.05) is 36.4 Å². The van der Waals surface area contributed by atoms with Crippen LogP contribution in [0.1, 0.15) is 11.1 Å². The molecular formula is C22H17N3O2. The third-order valence-corrected chi connectivity index (χ3v) is 5.10. The maximum Gasteiger partial charge on any atom is 0.115 e. The van der Waals surface area contributed by atoms with Crippen molar-refractivity contribution in [3.8, 4) is 45.1 Å². The first kappa shape index (κ1) is 15.5. The Kier molecular flexibility index (Phi) is 3.24. The van der Waals surface area contributed by atoms with Crippen LogP contribution in [0.2, 0.25) is 0 Å². The number of hydrogen-bond donors (Lipinski definition) is 4. The Bertz CT molecular complexity index is 1180. The number of nitrogens with one attached hydrogen (secondary N) is 1. The molecule has 5 nitrogen and oxygen atoms in total. The number of nitrogens with zero attached hydrogens (tertiary/aromatic N) is 1. The van der Waals surface area contributed by atoms with Crippen LogP contribution < -0.4 is 5.73 Å². The maximum absolute atomic E-state index is 9.74. The van der Waals surface area contributed by atoms with E-state index >= 15 is 0 Å². The van der Waals surface area contributed by atoms with Crippen molar-refractivity contribution >= 4 is 5.69 Å². The summed E-state index contributed by atoms with van der Waals surface area (Å²) in [5, 5.41) is 26.8. The van der Waals surface area contributed by atoms with Crippen LogP contribution >= 0.6 is 0 Å². The van der Waals surface area contributed by atoms with Gasteiger partial charge in [-0.15, -0.1) is 0 Å². The Hall–Kier alpha value is -3.73. The van der Waals surface area contributed by atoms with E-state index in [0.717, 1.165) is 44.8 Å². The summed E-state index contributed by atoms with van der Waals surface area (Å²) in [5.74, 6) is 0.507. The van der Waals surface area contributed by atoms with Crippen LogP contribution in [-0.2, 0) is 6.42 Å². The molecule has 5 heteroatoms. The predicted molar refractivity (Wildman–Crippen MR) is 105 cm³/mol. The lowest BCUT2D eigenvalue weighted by Crippen LogP contribution is -1.94. The number of anilines is 1. The van der Waals surface area contributed by atoms with Gasteiger partial charge in [-0.25, -0.2) is 0 Å². The van der Waals surface area contributed by atoms with E-state index in [-0.39, 0.29) is 11.5 Å². The Labute approximate surface area is 155 Å². The summed E-state index contributed by atoms with van der Waals surface area (Å²) in [6.45, 7) is 0. The van der Waals surface area contributed by atoms with Gasteiger partial charge in [0.1, 0.15) is 11.5 Å². The van der Waals surface area contributed by atoms with Gasteiger partial charge in [0.2, 0.25) is 0 Å². The Morgan fingerprint density at radius 3 is 2.30 bits per heavy atom. The summed E-state index contributed by atoms with van der Waals surface area (Å²) in [5.41, 5.74) is 14.9. The molecule has 1 heterocycles. The highest BCUT2D eigenvalue weighted by atomic mass is 16.3. The molecule has 1 aliphatic rings. The molecule has 0 saturated heterocycles. The molecule has 132 valence electrons. The zero-order chi connectivity index (χ0) is 18.5. The average Bonchev–Trinajstić information content (AvgIpc) is 3.21. The number of aromatic hydroxyl groups is 2. The topological polar surface area (TPSA) is 95.2 Å². The maximum atomic E-state index is 9.74. The number of nitrogen functional groups attached to an aromatic ring is 1. The van der Waals surface area contributed by atoms with E-state index in [2.05, 4.69) is 10.2 Å². The van der Waals surface area contributed by atoms with E-state index in [1.54, 1.807) is 24.3 Å². The zero-order valence-corrected chi connectivity index (χ0v) is 14.4. The van der Waals surface area contributed by atoms with Crippen LogP contribution in [0.15, 0.2) is 60.7 Å². The summed E-state index contributed by atoms with van der Waals surface area (Å²) in [7, 11) is 0. The average molecular weight is 355 g/mol. The summed E-state index contributed by atoms with van der Waals surface area (Å²) in [6.07, 6.45) is 0.712. The summed E-state index contributed by atoms with van der Waals surface area (Å²) in [4.78, 5) is 0. The van der Waals surface area contributed by atoms with Gasteiger partial charge < -0.3 is 15.9 Å². The molecule has 5 N–H and O–H groups in total. The number of aromatic nitrogens is 2. The second kappa shape index (κ2) is 5.64. The normalized spacial score (nSPS) is 12.0. The van der Waals surface area contributed by atoms with Gasteiger partial charge in [0.05, 0.1) is 11.4 Å². The number of H-pyrrole nitrogens is 1. The lowest BCUT2D eigenvalue weighted by atomic mass is 9.99. The van der Waals surface area contributed by atoms with Crippen LogP contribution in [0.3, 0.4) is 0 Å². The zero-order valence-electron chi connectivity index (χ0n) is 14.4. The number of rotatable bonds is 2. The van der Waals surface area contributed by atoms with E-state index in [1.165, 1.54) is 0 Å². The van der Waals surface area contributed by atoms with Crippen molar-refractivity contribution in [3.63, 3.8) is 0 Å². The molecule has 0 spiro atoms. The molecule has 0 fully saturated rings. The van der Waals surface area contributed by atoms with E-state index in [9.17, 15) is 10.2 Å². The minimum Gasteiger partial charge on any atom is -0.508 e. The van der Waals surface area contributed by atoms with Crippen molar-refractivity contribution in [1.82, 2.24) is 10.2 Å². The van der Waals surface area contributed by atoms with Crippen molar-refractivity contribution in [2.45, 2.75) is 6.42 Å². The van der Waals surface area contributed by atoms with Crippen LogP contribution in [0.4, 0.5) is 5.69 Å². The number of phenols is 2. The molecule has 0 bridgehead atoms. The molecule has 1 aromatic heterocycles. The fraction of sp³-hybridized carbons (Fsp3) is 0.0455. The predicted octanol–water partition coefficient (Wildman–Crippen LogP) is 4.31. The van der Waals surface area contributed by atoms with Gasteiger partial charge in [0, 0.05) is 28.8 Å². The largest absolute Gasteiger partial charge is 0.508 e. The molecule has 0 amide bonds. The van der Waals surface area contributed by atoms with E-state index < -0.39 is 0 Å². The first-order valence-electron chi connectivity index (χ1n) is 8.69. The third-order valence-electron chi connectivity index (χ3n) is 5.10. The lowest BCUT2D eigenvalue weighted by molar-refractivity contribution is 0.474. The molecule has 5 rings (SSSR count). The number of fused-ring (bicyclic) bond motifs is 3. The second-order valence-corrected chi connectivity index (χ2v) is 6.79. The van der Waals surface area contributed by atoms with Crippen molar-refractivity contribution < 1.29 is 10.2 Å². The number of nitrogens with two attached hydrogens (primary N) is 1. The summed E-state index contributed by atoms with van der Waals surface area (Å²) < 4.78 is 0. The summed E-state index contributed by atoms with van der Waals surface area (Å²) >= 11 is 0. The molecule has 27 heavy (non-hydrogen) atoms. The standard InChI is InChI=1S/C22H17N3O2/c23-20-11-13(12-1-4-15(26)5-2-12)3-7-18(20)22-19-10-14-9-16(27)6-8-17(14)21(19)24-25-22/h1-9,11,26-27H,10,23H2,(H,24,25). The van der Waals surface area contributed by atoms with Crippen molar-refractivity contribution in [3.05, 3.63) is 71.8 Å². The quantitative estimate of drug-likeness (QED) is 0.355. The molecule has 0 aliphatic heterocycles. The van der Waals surface area contributed by atoms with E-state index in [0.29, 0.717) is 12.1 Å². The first-order valence-corrected chi connectivity index (χ1v) is 8.69. The highest BCUT2D eigenvalue weighted by Crippen LogP contribution is 2.42. The second-order valence-electron chi connectivity index (χ2n) is 6.79. The van der Waals surface area contributed by atoms with Crippen LogP contribution in [0, 0.1) is 0 Å². The van der Waals surface area contributed by atoms with Crippen LogP contribution in [0.5, 0.6) is 11.5 Å². The van der Waals surface area contributed by atoms with Crippen molar-refractivity contribution in [1.29, 1.82) is 0 Å². The highest BCUT2D eigenvalue weighted by Gasteiger charge is 2.26. The summed E-state index contributed by atoms with van der Waals surface area (Å²) in [6, 6.07) is 18.4. The minimum absolute atomic E-state index is 0.237. The number of hydrogen-bond acceptors (Lipinski definition) is 4. The fourth-order valence-electron chi connectivity index (χ4n) is 3.76. The Balaban J connectivity index is 1.55. The van der Waals surface area contributed by atoms with Gasteiger partial charge in [-0.3, -0.25) is 5.10 Å². The SMILES string of the molecule is Nc1cc(-c2ccc(O)cc2)ccc1-c1n[nH]c2c1Cc1cc(O)ccc1-2. The van der Waals surface area contributed by atoms with Crippen molar-refractivity contribution in [2.24, 2.45) is 0 Å². The van der Waals surface area contributed by atoms with Crippen LogP contribution in [0.25, 0.3) is 33.6 Å². The van der Waals surface area contributed by atoms with Gasteiger partial charge in [-0.2, -0.15) is 5.10 Å². The lowest BCUT2D eigenvalue weighted by Gasteiger charge is -2.08. The third kappa shape index (κ3) is 2.44. The molecule has 1 aliphatic carbocycles. The monoisotopic (exact) mass is 355 g/mol. The fourth-order valence-corrected chi connectivity index (χ4v) is 3.76. The number of aromatic amines is 1. The number of benzene rings is 3. The Morgan fingerprint density at radius 1 is 0.815 bits per heavy atom. The van der Waals surface area contributed by atoms with Crippen molar-refractivity contribution in [2.75, 3.05) is 5.73 Å². The van der Waals surface area contributed by atoms with Gasteiger partial charge in [0.15, 0.2) is 0 Å². The molecule has 3 aromatic carbocycles. The molecule has 0 atom stereocenters. The minimum atomic E-state index is 0.237. The van der Waals surface area contributed by atoms with Gasteiger partial charge >= 0.3 is 0 Å². The van der Waals surface area contributed by atoms with Crippen LogP contribution in [-0.4, -0.2) is 20.4 Å². The molecule has 0 unspecified atom stereocenters. The molecule has 0 radical (unpaired) electrons. The van der Waals surface area contributed by atoms with E-state index in [4.69, 9.17) is 5.73 Å². The first-order chi connectivity index (χ1) is 13.1. The van der Waals surface area contributed by atoms with Gasteiger partial charge in [-0.1, -0.05) is 24.3 Å².